The van der Waals surface area contributed by atoms with Crippen molar-refractivity contribution in [2.75, 3.05) is 0 Å². The second-order valence-corrected chi connectivity index (χ2v) is 1.11. The minimum atomic E-state index is -1.39. The number of carbonyl (C=O) groups excluding carboxylic acids is 4. The third-order valence-corrected chi connectivity index (χ3v) is 0.425. The van der Waals surface area contributed by atoms with Gasteiger partial charge in [0.15, 0.2) is 0 Å². The molecule has 0 unspecified atom stereocenters. The second kappa shape index (κ2) is 5.06. The predicted molar refractivity (Wildman–Crippen MR) is 25.4 cm³/mol. The van der Waals surface area contributed by atoms with Crippen molar-refractivity contribution < 1.29 is 34.0 Å². The van der Waals surface area contributed by atoms with Crippen LogP contribution >= 0.6 is 0 Å². The highest BCUT2D eigenvalue weighted by Crippen LogP contribution is 1.80. The molecular weight excluding hydrogens is 160 g/mol. The van der Waals surface area contributed by atoms with E-state index in [1.54, 1.807) is 0 Å². The van der Waals surface area contributed by atoms with E-state index in [1.165, 1.54) is 0 Å². The molecule has 0 bridgehead atoms. The molecule has 0 radical (unpaired) electrons. The molecule has 0 atom stereocenters. The molecule has 11 heavy (non-hydrogen) atoms. The summed E-state index contributed by atoms with van der Waals surface area (Å²) in [6.45, 7) is 0. The van der Waals surface area contributed by atoms with Gasteiger partial charge in [0.05, 0.1) is 0 Å². The van der Waals surface area contributed by atoms with Gasteiger partial charge in [0.1, 0.15) is 0 Å². The van der Waals surface area contributed by atoms with Gasteiger partial charge in [-0.1, -0.05) is 0 Å². The maximum atomic E-state index is 9.89. The van der Waals surface area contributed by atoms with E-state index in [1.807, 2.05) is 0 Å². The molecule has 0 aliphatic heterocycles. The van der Waals surface area contributed by atoms with E-state index in [0.717, 1.165) is 0 Å². The largest absolute Gasteiger partial charge is 0.409 e. The van der Waals surface area contributed by atoms with Crippen molar-refractivity contribution >= 4 is 24.5 Å². The lowest BCUT2D eigenvalue weighted by atomic mass is 10.8. The standard InChI is InChI=1S/C4H2O7/c5-1-3(7)9-11-10-4(8)2-6/h1-2H. The molecule has 0 spiro atoms. The molecule has 7 heteroatoms. The lowest BCUT2D eigenvalue weighted by Crippen LogP contribution is -2.11. The third-order valence-electron chi connectivity index (χ3n) is 0.425. The van der Waals surface area contributed by atoms with Gasteiger partial charge >= 0.3 is 11.9 Å². The first-order chi connectivity index (χ1) is 5.20. The maximum absolute atomic E-state index is 9.89. The Morgan fingerprint density at radius 1 is 0.909 bits per heavy atom. The molecule has 0 rings (SSSR count). The van der Waals surface area contributed by atoms with Crippen molar-refractivity contribution in [2.24, 2.45) is 0 Å². The summed E-state index contributed by atoms with van der Waals surface area (Å²) in [5, 5.41) is 3.38. The van der Waals surface area contributed by atoms with Gasteiger partial charge in [0, 0.05) is 5.04 Å². The minimum Gasteiger partial charge on any atom is -0.290 e. The lowest BCUT2D eigenvalue weighted by Gasteiger charge is -1.93. The summed E-state index contributed by atoms with van der Waals surface area (Å²) >= 11 is 0. The summed E-state index contributed by atoms with van der Waals surface area (Å²) in [5.74, 6) is -2.77. The Morgan fingerprint density at radius 3 is 1.55 bits per heavy atom. The van der Waals surface area contributed by atoms with E-state index in [4.69, 9.17) is 0 Å². The minimum absolute atomic E-state index is 0.214. The smallest absolute Gasteiger partial charge is 0.290 e. The highest BCUT2D eigenvalue weighted by Gasteiger charge is 2.04. The van der Waals surface area contributed by atoms with Crippen LogP contribution in [0.1, 0.15) is 0 Å². The molecule has 7 nitrogen and oxygen atoms in total. The van der Waals surface area contributed by atoms with E-state index in [9.17, 15) is 19.2 Å². The summed E-state index contributed by atoms with van der Waals surface area (Å²) in [7, 11) is 0. The van der Waals surface area contributed by atoms with Crippen molar-refractivity contribution in [3.05, 3.63) is 0 Å². The fourth-order valence-corrected chi connectivity index (χ4v) is 0.123. The normalized spacial score (nSPS) is 8.00. The average molecular weight is 162 g/mol. The summed E-state index contributed by atoms with van der Waals surface area (Å²) in [4.78, 5) is 45.7. The van der Waals surface area contributed by atoms with Gasteiger partial charge in [-0.3, -0.25) is 19.4 Å². The van der Waals surface area contributed by atoms with Crippen LogP contribution in [-0.4, -0.2) is 24.5 Å². The van der Waals surface area contributed by atoms with Crippen LogP contribution in [0.3, 0.4) is 0 Å². The van der Waals surface area contributed by atoms with Gasteiger partial charge in [-0.2, -0.15) is 0 Å². The fourth-order valence-electron chi connectivity index (χ4n) is 0.123. The Labute approximate surface area is 59.7 Å². The van der Waals surface area contributed by atoms with Crippen LogP contribution < -0.4 is 0 Å². The molecule has 0 amide bonds. The summed E-state index contributed by atoms with van der Waals surface area (Å²) in [5.41, 5.74) is 0. The SMILES string of the molecule is O=CC(=O)OOOC(=O)C=O. The van der Waals surface area contributed by atoms with Crippen molar-refractivity contribution in [1.29, 1.82) is 0 Å². The van der Waals surface area contributed by atoms with E-state index in [2.05, 4.69) is 14.8 Å². The quantitative estimate of drug-likeness (QED) is 0.211. The van der Waals surface area contributed by atoms with Crippen molar-refractivity contribution in [1.82, 2.24) is 0 Å². The van der Waals surface area contributed by atoms with E-state index in [0.29, 0.717) is 0 Å². The molecule has 0 aliphatic carbocycles. The molecule has 0 aliphatic rings. The molecule has 60 valence electrons. The van der Waals surface area contributed by atoms with E-state index < -0.39 is 11.9 Å². The molecule has 0 saturated carbocycles. The highest BCUT2D eigenvalue weighted by molar-refractivity contribution is 6.20. The second-order valence-electron chi connectivity index (χ2n) is 1.11. The van der Waals surface area contributed by atoms with Crippen molar-refractivity contribution in [3.63, 3.8) is 0 Å². The number of hydrogen-bond acceptors (Lipinski definition) is 7. The number of carbonyl (C=O) groups is 4. The molecule has 0 saturated heterocycles. The summed E-state index contributed by atoms with van der Waals surface area (Å²) in [6.07, 6.45) is -0.427. The zero-order valence-corrected chi connectivity index (χ0v) is 5.01. The predicted octanol–water partition coefficient (Wildman–Crippen LogP) is -1.68. The molecule has 0 heterocycles. The Hall–Kier alpha value is -1.76. The van der Waals surface area contributed by atoms with Crippen molar-refractivity contribution in [3.8, 4) is 0 Å². The first-order valence-electron chi connectivity index (χ1n) is 2.20. The van der Waals surface area contributed by atoms with Gasteiger partial charge < -0.3 is 0 Å². The van der Waals surface area contributed by atoms with Crippen LogP contribution in [0, 0.1) is 0 Å². The molecule has 0 aromatic rings. The lowest BCUT2D eigenvalue weighted by molar-refractivity contribution is -0.454. The molecule has 0 N–H and O–H groups in total. The topological polar surface area (TPSA) is 96.0 Å². The van der Waals surface area contributed by atoms with Gasteiger partial charge in [-0.05, 0) is 0 Å². The number of rotatable bonds is 4. The molecular formula is C4H2O7. The Bertz CT molecular complexity index is 163. The van der Waals surface area contributed by atoms with E-state index >= 15 is 0 Å². The van der Waals surface area contributed by atoms with Crippen LogP contribution in [0.4, 0.5) is 0 Å². The average Bonchev–Trinajstić information content (AvgIpc) is 2.04. The van der Waals surface area contributed by atoms with Crippen molar-refractivity contribution in [2.45, 2.75) is 0 Å². The zero-order valence-electron chi connectivity index (χ0n) is 5.01. The summed E-state index contributed by atoms with van der Waals surface area (Å²) < 4.78 is 0. The van der Waals surface area contributed by atoms with E-state index in [-0.39, 0.29) is 12.6 Å². The van der Waals surface area contributed by atoms with Gasteiger partial charge in [-0.15, -0.1) is 0 Å². The summed E-state index contributed by atoms with van der Waals surface area (Å²) in [6, 6.07) is 0. The first kappa shape index (κ1) is 9.24. The molecule has 0 aromatic heterocycles. The number of aldehydes is 2. The van der Waals surface area contributed by atoms with Crippen LogP contribution in [-0.2, 0) is 34.0 Å². The zero-order chi connectivity index (χ0) is 8.69. The monoisotopic (exact) mass is 162 g/mol. The first-order valence-corrected chi connectivity index (χ1v) is 2.20. The fraction of sp³-hybridized carbons (Fsp3) is 0. The van der Waals surface area contributed by atoms with Crippen LogP contribution in [0.15, 0.2) is 0 Å². The Balaban J connectivity index is 3.41. The van der Waals surface area contributed by atoms with Gasteiger partial charge in [0.2, 0.25) is 12.6 Å². The molecule has 0 aromatic carbocycles. The Morgan fingerprint density at radius 2 is 1.27 bits per heavy atom. The highest BCUT2D eigenvalue weighted by atomic mass is 17.5. The maximum Gasteiger partial charge on any atom is 0.409 e. The molecule has 0 fully saturated rings. The third kappa shape index (κ3) is 4.73. The van der Waals surface area contributed by atoms with Crippen LogP contribution in [0.2, 0.25) is 0 Å². The van der Waals surface area contributed by atoms with Crippen LogP contribution in [0.25, 0.3) is 0 Å². The Kier molecular flexibility index (Phi) is 4.25. The number of hydrogen-bond donors (Lipinski definition) is 0. The van der Waals surface area contributed by atoms with Crippen LogP contribution in [0.5, 0.6) is 0 Å². The van der Waals surface area contributed by atoms with Gasteiger partial charge in [-0.25, -0.2) is 9.59 Å². The van der Waals surface area contributed by atoms with Gasteiger partial charge in [0.25, 0.3) is 0 Å².